The second kappa shape index (κ2) is 12.3. The molecule has 0 radical (unpaired) electrons. The van der Waals surface area contributed by atoms with Crippen molar-refractivity contribution >= 4 is 45.0 Å². The fraction of sp³-hybridized carbons (Fsp3) is 0.417. The third-order valence-corrected chi connectivity index (χ3v) is 6.81. The molecule has 0 N–H and O–H groups in total. The van der Waals surface area contributed by atoms with Crippen molar-refractivity contribution in [3.63, 3.8) is 0 Å². The van der Waals surface area contributed by atoms with Gasteiger partial charge in [0.05, 0.1) is 25.0 Å². The molecule has 1 aliphatic heterocycles. The number of benzene rings is 2. The third-order valence-electron chi connectivity index (χ3n) is 5.59. The van der Waals surface area contributed by atoms with E-state index in [1.54, 1.807) is 24.1 Å². The van der Waals surface area contributed by atoms with Gasteiger partial charge in [0.1, 0.15) is 11.3 Å². The summed E-state index contributed by atoms with van der Waals surface area (Å²) in [7, 11) is 1.61. The van der Waals surface area contributed by atoms with Gasteiger partial charge in [-0.2, -0.15) is 0 Å². The number of ether oxygens (including phenoxy) is 3. The van der Waals surface area contributed by atoms with Gasteiger partial charge in [-0.25, -0.2) is 9.37 Å². The molecule has 0 bridgehead atoms. The smallest absolute Gasteiger partial charge is 0.266 e. The number of fused-ring (bicyclic) bond motifs is 1. The van der Waals surface area contributed by atoms with E-state index in [0.29, 0.717) is 17.4 Å². The van der Waals surface area contributed by atoms with Gasteiger partial charge in [-0.3, -0.25) is 14.6 Å². The zero-order chi connectivity index (χ0) is 23.2. The summed E-state index contributed by atoms with van der Waals surface area (Å²) < 4.78 is 31.3. The number of methoxy groups -OCH3 is 1. The molecule has 1 aromatic heterocycles. The second-order valence-electron chi connectivity index (χ2n) is 7.83. The fourth-order valence-corrected chi connectivity index (χ4v) is 4.86. The van der Waals surface area contributed by atoms with Crippen molar-refractivity contribution in [3.8, 4) is 11.5 Å². The topological polar surface area (TPSA) is 64.1 Å². The summed E-state index contributed by atoms with van der Waals surface area (Å²) in [6.07, 6.45) is 0.775. The average Bonchev–Trinajstić information content (AvgIpc) is 3.28. The summed E-state index contributed by atoms with van der Waals surface area (Å²) in [6.45, 7) is 6.32. The summed E-state index contributed by atoms with van der Waals surface area (Å²) >= 11 is 1.45. The van der Waals surface area contributed by atoms with Gasteiger partial charge in [-0.05, 0) is 37.1 Å². The van der Waals surface area contributed by atoms with E-state index < -0.39 is 5.82 Å². The minimum atomic E-state index is -0.496. The molecule has 0 aliphatic carbocycles. The van der Waals surface area contributed by atoms with Crippen molar-refractivity contribution in [1.82, 2.24) is 9.88 Å². The van der Waals surface area contributed by atoms with E-state index in [1.165, 1.54) is 23.5 Å². The number of anilines is 1. The Balaban J connectivity index is 0.00000324. The summed E-state index contributed by atoms with van der Waals surface area (Å²) in [4.78, 5) is 21.9. The van der Waals surface area contributed by atoms with Gasteiger partial charge in [0.25, 0.3) is 5.91 Å². The van der Waals surface area contributed by atoms with Crippen molar-refractivity contribution < 1.29 is 23.4 Å². The molecule has 1 aliphatic rings. The lowest BCUT2D eigenvalue weighted by molar-refractivity contribution is -0.120. The van der Waals surface area contributed by atoms with Crippen LogP contribution in [0.5, 0.6) is 11.5 Å². The van der Waals surface area contributed by atoms with Gasteiger partial charge >= 0.3 is 0 Å². The first kappa shape index (κ1) is 26.2. The average molecular weight is 510 g/mol. The van der Waals surface area contributed by atoms with E-state index >= 15 is 0 Å². The Morgan fingerprint density at radius 1 is 1.21 bits per heavy atom. The van der Waals surface area contributed by atoms with Crippen LogP contribution >= 0.6 is 23.7 Å². The lowest BCUT2D eigenvalue weighted by Crippen LogP contribution is -2.40. The van der Waals surface area contributed by atoms with Crippen LogP contribution in [0, 0.1) is 12.7 Å². The normalized spacial score (nSPS) is 14.0. The van der Waals surface area contributed by atoms with E-state index in [0.717, 1.165) is 55.0 Å². The predicted octanol–water partition coefficient (Wildman–Crippen LogP) is 4.31. The number of morpholine rings is 1. The predicted molar refractivity (Wildman–Crippen MR) is 134 cm³/mol. The lowest BCUT2D eigenvalue weighted by atomic mass is 10.2. The Morgan fingerprint density at radius 2 is 1.97 bits per heavy atom. The molecule has 0 unspecified atom stereocenters. The Hall–Kier alpha value is -2.46. The van der Waals surface area contributed by atoms with E-state index in [9.17, 15) is 9.18 Å². The first-order valence-corrected chi connectivity index (χ1v) is 11.8. The van der Waals surface area contributed by atoms with Crippen molar-refractivity contribution in [3.05, 3.63) is 47.8 Å². The first-order chi connectivity index (χ1) is 16.1. The second-order valence-corrected chi connectivity index (χ2v) is 8.81. The summed E-state index contributed by atoms with van der Waals surface area (Å²) in [5.74, 6) is -0.0391. The Labute approximate surface area is 208 Å². The molecular weight excluding hydrogens is 481 g/mol. The van der Waals surface area contributed by atoms with Gasteiger partial charge in [0, 0.05) is 26.2 Å². The van der Waals surface area contributed by atoms with Crippen molar-refractivity contribution in [2.45, 2.75) is 13.3 Å². The quantitative estimate of drug-likeness (QED) is 0.428. The van der Waals surface area contributed by atoms with Gasteiger partial charge in [0.15, 0.2) is 23.3 Å². The summed E-state index contributed by atoms with van der Waals surface area (Å²) in [5, 5.41) is 0.585. The lowest BCUT2D eigenvalue weighted by Gasteiger charge is -2.27. The van der Waals surface area contributed by atoms with Crippen LogP contribution < -0.4 is 14.4 Å². The molecular formula is C24H29ClFN3O4S. The highest BCUT2D eigenvalue weighted by molar-refractivity contribution is 7.22. The monoisotopic (exact) mass is 509 g/mol. The highest BCUT2D eigenvalue weighted by Gasteiger charge is 2.23. The number of aromatic nitrogens is 1. The number of hydrogen-bond acceptors (Lipinski definition) is 7. The molecule has 184 valence electrons. The maximum atomic E-state index is 14.0. The van der Waals surface area contributed by atoms with Crippen molar-refractivity contribution in [2.75, 3.05) is 58.0 Å². The molecule has 1 saturated heterocycles. The summed E-state index contributed by atoms with van der Waals surface area (Å²) in [6, 6.07) is 9.94. The molecule has 0 saturated carbocycles. The Morgan fingerprint density at radius 3 is 2.71 bits per heavy atom. The van der Waals surface area contributed by atoms with Crippen LogP contribution in [0.25, 0.3) is 10.2 Å². The van der Waals surface area contributed by atoms with E-state index in [1.807, 2.05) is 19.1 Å². The molecule has 2 aromatic carbocycles. The number of halogens is 2. The molecule has 4 rings (SSSR count). The minimum Gasteiger partial charge on any atom is -0.494 e. The Bertz CT molecular complexity index is 1110. The fourth-order valence-electron chi connectivity index (χ4n) is 3.76. The number of amides is 1. The molecule has 34 heavy (non-hydrogen) atoms. The van der Waals surface area contributed by atoms with Crippen LogP contribution in [0.3, 0.4) is 0 Å². The Kier molecular flexibility index (Phi) is 9.46. The molecule has 7 nitrogen and oxygen atoms in total. The minimum absolute atomic E-state index is 0. The van der Waals surface area contributed by atoms with Crippen LogP contribution in [0.15, 0.2) is 36.4 Å². The molecule has 2 heterocycles. The number of carbonyl (C=O) groups excluding carboxylic acids is 1. The van der Waals surface area contributed by atoms with Crippen LogP contribution in [-0.2, 0) is 9.53 Å². The maximum absolute atomic E-state index is 14.0. The summed E-state index contributed by atoms with van der Waals surface area (Å²) in [5.41, 5.74) is 1.80. The van der Waals surface area contributed by atoms with Crippen LogP contribution in [-0.4, -0.2) is 68.9 Å². The number of hydrogen-bond donors (Lipinski definition) is 0. The number of nitrogens with zero attached hydrogens (tertiary/aromatic N) is 3. The van der Waals surface area contributed by atoms with E-state index in [4.69, 9.17) is 19.2 Å². The number of para-hydroxylation sites is 1. The molecule has 1 amide bonds. The van der Waals surface area contributed by atoms with Crippen LogP contribution in [0.1, 0.15) is 12.0 Å². The highest BCUT2D eigenvalue weighted by Crippen LogP contribution is 2.36. The largest absolute Gasteiger partial charge is 0.494 e. The van der Waals surface area contributed by atoms with Gasteiger partial charge in [-0.15, -0.1) is 12.4 Å². The molecule has 0 atom stereocenters. The van der Waals surface area contributed by atoms with Crippen LogP contribution in [0.2, 0.25) is 0 Å². The molecule has 10 heteroatoms. The standard InChI is InChI=1S/C24H28FN3O4S.ClH/c1-17-8-9-20(30-2)22-23(17)33-24(26-22)28(11-5-10-27-12-14-31-15-13-27)21(29)16-32-19-7-4-3-6-18(19)25;/h3-4,6-9H,5,10-16H2,1-2H3;1H. The zero-order valence-electron chi connectivity index (χ0n) is 19.3. The van der Waals surface area contributed by atoms with E-state index in [2.05, 4.69) is 4.90 Å². The first-order valence-electron chi connectivity index (χ1n) is 11.0. The van der Waals surface area contributed by atoms with Gasteiger partial charge in [0.2, 0.25) is 0 Å². The number of aryl methyl sites for hydroxylation is 1. The van der Waals surface area contributed by atoms with Gasteiger partial charge in [-0.1, -0.05) is 29.5 Å². The zero-order valence-corrected chi connectivity index (χ0v) is 20.9. The SMILES string of the molecule is COc1ccc(C)c2sc(N(CCCN3CCOCC3)C(=O)COc3ccccc3F)nc12.Cl. The molecule has 1 fully saturated rings. The maximum Gasteiger partial charge on any atom is 0.266 e. The number of carbonyl (C=O) groups is 1. The third kappa shape index (κ3) is 6.15. The van der Waals surface area contributed by atoms with E-state index in [-0.39, 0.29) is 30.7 Å². The van der Waals surface area contributed by atoms with Gasteiger partial charge < -0.3 is 14.2 Å². The molecule has 0 spiro atoms. The number of rotatable bonds is 9. The molecule has 3 aromatic rings. The van der Waals surface area contributed by atoms with Crippen molar-refractivity contribution in [1.29, 1.82) is 0 Å². The number of thiazole rings is 1. The highest BCUT2D eigenvalue weighted by atomic mass is 35.5. The van der Waals surface area contributed by atoms with Crippen molar-refractivity contribution in [2.24, 2.45) is 0 Å². The van der Waals surface area contributed by atoms with Crippen LogP contribution in [0.4, 0.5) is 9.52 Å².